The number of aromatic nitrogens is 5. The minimum atomic E-state index is -4.67. The quantitative estimate of drug-likeness (QED) is 0.394. The van der Waals surface area contributed by atoms with Gasteiger partial charge in [-0.15, -0.1) is 0 Å². The summed E-state index contributed by atoms with van der Waals surface area (Å²) in [6.45, 7) is 0. The van der Waals surface area contributed by atoms with E-state index in [1.807, 2.05) is 0 Å². The number of ether oxygens (including phenoxy) is 1. The SMILES string of the molecule is COc1cc(Cl)cc(Nc2ncc(-c3cncc(C(=O)O)c3)c(-n3ccc(C(F)(F)F)n3)n2)c1. The first-order valence-electron chi connectivity index (χ1n) is 9.44. The molecular formula is C21H14ClF3N6O3. The Balaban J connectivity index is 1.82. The molecule has 3 aromatic heterocycles. The first-order chi connectivity index (χ1) is 16.1. The highest BCUT2D eigenvalue weighted by molar-refractivity contribution is 6.31. The fourth-order valence-corrected chi connectivity index (χ4v) is 3.22. The average Bonchev–Trinajstić information content (AvgIpc) is 3.29. The van der Waals surface area contributed by atoms with Crippen LogP contribution in [-0.4, -0.2) is 42.9 Å². The maximum Gasteiger partial charge on any atom is 0.435 e. The van der Waals surface area contributed by atoms with Crippen molar-refractivity contribution >= 4 is 29.2 Å². The third-order valence-corrected chi connectivity index (χ3v) is 4.74. The summed E-state index contributed by atoms with van der Waals surface area (Å²) in [5.41, 5.74) is -0.290. The Hall–Kier alpha value is -4.19. The number of benzene rings is 1. The molecule has 34 heavy (non-hydrogen) atoms. The number of hydrogen-bond donors (Lipinski definition) is 2. The Morgan fingerprint density at radius 3 is 2.65 bits per heavy atom. The molecule has 0 bridgehead atoms. The molecular weight excluding hydrogens is 477 g/mol. The monoisotopic (exact) mass is 490 g/mol. The van der Waals surface area contributed by atoms with Crippen LogP contribution in [0.5, 0.6) is 5.75 Å². The van der Waals surface area contributed by atoms with Gasteiger partial charge in [-0.2, -0.15) is 23.3 Å². The number of methoxy groups -OCH3 is 1. The van der Waals surface area contributed by atoms with Gasteiger partial charge in [-0.1, -0.05) is 11.6 Å². The van der Waals surface area contributed by atoms with Crippen molar-refractivity contribution in [1.29, 1.82) is 0 Å². The summed E-state index contributed by atoms with van der Waals surface area (Å²) in [6.07, 6.45) is 0.239. The summed E-state index contributed by atoms with van der Waals surface area (Å²) in [4.78, 5) is 23.8. The van der Waals surface area contributed by atoms with Gasteiger partial charge in [0.1, 0.15) is 5.75 Å². The standard InChI is InChI=1S/C21H14ClF3N6O3/c1-34-15-6-13(22)5-14(7-15)28-20-27-10-16(11-4-12(19(32)33)9-26-8-11)18(29-20)31-3-2-17(30-31)21(23,24)25/h2-10H,1H3,(H,32,33)(H,27,28,29). The van der Waals surface area contributed by atoms with Gasteiger partial charge in [0.15, 0.2) is 11.5 Å². The molecule has 4 aromatic rings. The number of nitrogens with zero attached hydrogens (tertiary/aromatic N) is 5. The molecule has 0 unspecified atom stereocenters. The van der Waals surface area contributed by atoms with Crippen LogP contribution in [0.15, 0.2) is 55.1 Å². The fourth-order valence-electron chi connectivity index (χ4n) is 2.99. The van der Waals surface area contributed by atoms with E-state index in [9.17, 15) is 23.1 Å². The first kappa shape index (κ1) is 23.0. The van der Waals surface area contributed by atoms with Gasteiger partial charge >= 0.3 is 12.1 Å². The van der Waals surface area contributed by atoms with Gasteiger partial charge in [-0.3, -0.25) is 4.98 Å². The highest BCUT2D eigenvalue weighted by Crippen LogP contribution is 2.31. The maximum absolute atomic E-state index is 13.1. The van der Waals surface area contributed by atoms with Gasteiger partial charge in [0.25, 0.3) is 0 Å². The molecule has 3 heterocycles. The van der Waals surface area contributed by atoms with Crippen molar-refractivity contribution < 1.29 is 27.8 Å². The van der Waals surface area contributed by atoms with Crippen LogP contribution in [0.25, 0.3) is 16.9 Å². The summed E-state index contributed by atoms with van der Waals surface area (Å²) >= 11 is 6.08. The molecule has 0 aliphatic heterocycles. The second kappa shape index (κ2) is 8.98. The fraction of sp³-hybridized carbons (Fsp3) is 0.0952. The number of halogens is 4. The Morgan fingerprint density at radius 1 is 1.18 bits per heavy atom. The zero-order valence-electron chi connectivity index (χ0n) is 17.2. The minimum Gasteiger partial charge on any atom is -0.497 e. The van der Waals surface area contributed by atoms with Crippen LogP contribution >= 0.6 is 11.6 Å². The summed E-state index contributed by atoms with van der Waals surface area (Å²) in [5.74, 6) is -0.769. The molecule has 4 rings (SSSR count). The van der Waals surface area contributed by atoms with Crippen molar-refractivity contribution in [2.75, 3.05) is 12.4 Å². The number of carboxylic acid groups (broad SMARTS) is 1. The average molecular weight is 491 g/mol. The predicted molar refractivity (Wildman–Crippen MR) is 116 cm³/mol. The van der Waals surface area contributed by atoms with Gasteiger partial charge in [0.05, 0.1) is 12.7 Å². The number of rotatable bonds is 6. The summed E-state index contributed by atoms with van der Waals surface area (Å²) in [5, 5.41) is 16.1. The third kappa shape index (κ3) is 4.91. The zero-order chi connectivity index (χ0) is 24.5. The third-order valence-electron chi connectivity index (χ3n) is 4.52. The Bertz CT molecular complexity index is 1380. The summed E-state index contributed by atoms with van der Waals surface area (Å²) < 4.78 is 45.5. The van der Waals surface area contributed by atoms with Crippen molar-refractivity contribution in [1.82, 2.24) is 24.7 Å². The lowest BCUT2D eigenvalue weighted by Gasteiger charge is -2.13. The van der Waals surface area contributed by atoms with E-state index >= 15 is 0 Å². The molecule has 174 valence electrons. The number of alkyl halides is 3. The van der Waals surface area contributed by atoms with E-state index < -0.39 is 17.8 Å². The van der Waals surface area contributed by atoms with E-state index in [1.165, 1.54) is 25.6 Å². The molecule has 0 aliphatic carbocycles. The van der Waals surface area contributed by atoms with Crippen molar-refractivity contribution in [2.45, 2.75) is 6.18 Å². The van der Waals surface area contributed by atoms with Crippen LogP contribution in [0.1, 0.15) is 16.1 Å². The Morgan fingerprint density at radius 2 is 1.97 bits per heavy atom. The van der Waals surface area contributed by atoms with Crippen LogP contribution in [0.3, 0.4) is 0 Å². The molecule has 0 amide bonds. The van der Waals surface area contributed by atoms with Gasteiger partial charge in [0, 0.05) is 52.7 Å². The van der Waals surface area contributed by atoms with Crippen molar-refractivity contribution in [3.63, 3.8) is 0 Å². The van der Waals surface area contributed by atoms with E-state index in [-0.39, 0.29) is 28.5 Å². The van der Waals surface area contributed by atoms with E-state index in [0.717, 1.165) is 23.1 Å². The molecule has 0 fully saturated rings. The molecule has 13 heteroatoms. The lowest BCUT2D eigenvalue weighted by Crippen LogP contribution is -2.10. The second-order valence-corrected chi connectivity index (χ2v) is 7.28. The van der Waals surface area contributed by atoms with Crippen LogP contribution in [0.4, 0.5) is 24.8 Å². The molecule has 0 aliphatic rings. The summed E-state index contributed by atoms with van der Waals surface area (Å²) in [7, 11) is 1.47. The minimum absolute atomic E-state index is 0.0227. The topological polar surface area (TPSA) is 115 Å². The van der Waals surface area contributed by atoms with Crippen LogP contribution in [-0.2, 0) is 6.18 Å². The van der Waals surface area contributed by atoms with E-state index in [4.69, 9.17) is 16.3 Å². The number of hydrogen-bond acceptors (Lipinski definition) is 7. The van der Waals surface area contributed by atoms with Gasteiger partial charge in [-0.05, 0) is 24.3 Å². The van der Waals surface area contributed by atoms with Crippen molar-refractivity contribution in [2.24, 2.45) is 0 Å². The van der Waals surface area contributed by atoms with Crippen LogP contribution in [0.2, 0.25) is 5.02 Å². The van der Waals surface area contributed by atoms with Crippen molar-refractivity contribution in [3.05, 3.63) is 71.4 Å². The molecule has 1 aromatic carbocycles. The predicted octanol–water partition coefficient (Wildman–Crippen LogP) is 4.85. The highest BCUT2D eigenvalue weighted by atomic mass is 35.5. The van der Waals surface area contributed by atoms with Gasteiger partial charge < -0.3 is 15.2 Å². The van der Waals surface area contributed by atoms with Crippen molar-refractivity contribution in [3.8, 4) is 22.7 Å². The first-order valence-corrected chi connectivity index (χ1v) is 9.82. The Labute approximate surface area is 194 Å². The van der Waals surface area contributed by atoms with E-state index in [1.54, 1.807) is 18.2 Å². The number of carbonyl (C=O) groups is 1. The van der Waals surface area contributed by atoms with Crippen LogP contribution in [0, 0.1) is 0 Å². The largest absolute Gasteiger partial charge is 0.497 e. The van der Waals surface area contributed by atoms with Gasteiger partial charge in [0.2, 0.25) is 5.95 Å². The number of anilines is 2. The molecule has 9 nitrogen and oxygen atoms in total. The van der Waals surface area contributed by atoms with E-state index in [0.29, 0.717) is 16.5 Å². The molecule has 0 saturated carbocycles. The van der Waals surface area contributed by atoms with Crippen LogP contribution < -0.4 is 10.1 Å². The number of carboxylic acids is 1. The highest BCUT2D eigenvalue weighted by Gasteiger charge is 2.34. The second-order valence-electron chi connectivity index (χ2n) is 6.85. The maximum atomic E-state index is 13.1. The number of nitrogens with one attached hydrogen (secondary N) is 1. The normalized spacial score (nSPS) is 11.3. The lowest BCUT2D eigenvalue weighted by molar-refractivity contribution is -0.141. The number of pyridine rings is 1. The molecule has 2 N–H and O–H groups in total. The van der Waals surface area contributed by atoms with E-state index in [2.05, 4.69) is 25.4 Å². The number of aromatic carboxylic acids is 1. The zero-order valence-corrected chi connectivity index (χ0v) is 18.0. The lowest BCUT2D eigenvalue weighted by atomic mass is 10.1. The molecule has 0 atom stereocenters. The molecule has 0 saturated heterocycles. The van der Waals surface area contributed by atoms with Gasteiger partial charge in [-0.25, -0.2) is 14.5 Å². The Kier molecular flexibility index (Phi) is 6.07. The molecule has 0 spiro atoms. The summed E-state index contributed by atoms with van der Waals surface area (Å²) in [6, 6.07) is 6.90. The molecule has 0 radical (unpaired) electrons. The smallest absolute Gasteiger partial charge is 0.435 e.